The number of piperazine rings is 1. The maximum Gasteiger partial charge on any atom is 0.262 e. The number of aromatic amines is 1. The lowest BCUT2D eigenvalue weighted by Crippen LogP contribution is -2.44. The number of nitrogens with zero attached hydrogens (tertiary/aromatic N) is 2. The molecule has 22 heavy (non-hydrogen) atoms. The first-order valence-electron chi connectivity index (χ1n) is 6.88. The van der Waals surface area contributed by atoms with E-state index in [0.717, 1.165) is 13.1 Å². The number of benzene rings is 1. The van der Waals surface area contributed by atoms with Crippen molar-refractivity contribution in [2.75, 3.05) is 36.8 Å². The average Bonchev–Trinajstić information content (AvgIpc) is 2.51. The van der Waals surface area contributed by atoms with Crippen LogP contribution in [0.3, 0.4) is 0 Å². The molecule has 6 nitrogen and oxygen atoms in total. The molecule has 1 aliphatic rings. The van der Waals surface area contributed by atoms with E-state index in [0.29, 0.717) is 19.0 Å². The highest BCUT2D eigenvalue weighted by Gasteiger charge is 2.19. The molecule has 2 heterocycles. The molecule has 0 spiro atoms. The van der Waals surface area contributed by atoms with Crippen LogP contribution < -0.4 is 21.5 Å². The van der Waals surface area contributed by atoms with Crippen LogP contribution in [-0.2, 0) is 0 Å². The van der Waals surface area contributed by atoms with Gasteiger partial charge in [-0.15, -0.1) is 0 Å². The SMILES string of the molecule is Nc1nc(N2CCNCC2)[nH]c(=O)c1-c1cccc(Cl)c1F. The number of halogens is 2. The average molecular weight is 324 g/mol. The highest BCUT2D eigenvalue weighted by molar-refractivity contribution is 6.31. The van der Waals surface area contributed by atoms with E-state index in [1.807, 2.05) is 4.90 Å². The van der Waals surface area contributed by atoms with Crippen LogP contribution in [0.4, 0.5) is 16.2 Å². The minimum Gasteiger partial charge on any atom is -0.383 e. The molecule has 0 radical (unpaired) electrons. The van der Waals surface area contributed by atoms with Crippen molar-refractivity contribution >= 4 is 23.4 Å². The number of anilines is 2. The van der Waals surface area contributed by atoms with Gasteiger partial charge in [0.05, 0.1) is 10.6 Å². The summed E-state index contributed by atoms with van der Waals surface area (Å²) >= 11 is 5.76. The Hall–Kier alpha value is -2.12. The molecule has 1 aliphatic heterocycles. The van der Waals surface area contributed by atoms with E-state index < -0.39 is 11.4 Å². The van der Waals surface area contributed by atoms with Crippen molar-refractivity contribution in [3.63, 3.8) is 0 Å². The minimum atomic E-state index is -0.682. The fourth-order valence-electron chi connectivity index (χ4n) is 2.46. The van der Waals surface area contributed by atoms with Gasteiger partial charge in [0.15, 0.2) is 0 Å². The smallest absolute Gasteiger partial charge is 0.262 e. The third-order valence-corrected chi connectivity index (χ3v) is 3.86. The summed E-state index contributed by atoms with van der Waals surface area (Å²) in [6.45, 7) is 3.03. The van der Waals surface area contributed by atoms with Crippen molar-refractivity contribution in [1.29, 1.82) is 0 Å². The van der Waals surface area contributed by atoms with Crippen LogP contribution in [0.2, 0.25) is 5.02 Å². The van der Waals surface area contributed by atoms with Crippen LogP contribution in [0.15, 0.2) is 23.0 Å². The first kappa shape index (κ1) is 14.8. The Bertz CT molecular complexity index is 757. The van der Waals surface area contributed by atoms with E-state index >= 15 is 0 Å². The predicted molar refractivity (Wildman–Crippen MR) is 84.8 cm³/mol. The molecule has 1 saturated heterocycles. The van der Waals surface area contributed by atoms with Gasteiger partial charge in [0.25, 0.3) is 5.56 Å². The molecule has 0 atom stereocenters. The van der Waals surface area contributed by atoms with Gasteiger partial charge in [0, 0.05) is 31.7 Å². The Morgan fingerprint density at radius 2 is 2.05 bits per heavy atom. The highest BCUT2D eigenvalue weighted by atomic mass is 35.5. The van der Waals surface area contributed by atoms with Crippen LogP contribution in [0, 0.1) is 5.82 Å². The fourth-order valence-corrected chi connectivity index (χ4v) is 2.64. The molecule has 116 valence electrons. The van der Waals surface area contributed by atoms with Crippen LogP contribution >= 0.6 is 11.6 Å². The van der Waals surface area contributed by atoms with E-state index in [1.54, 1.807) is 6.07 Å². The number of hydrogen-bond donors (Lipinski definition) is 3. The fraction of sp³-hybridized carbons (Fsp3) is 0.286. The van der Waals surface area contributed by atoms with Gasteiger partial charge >= 0.3 is 0 Å². The van der Waals surface area contributed by atoms with Crippen molar-refractivity contribution in [3.05, 3.63) is 39.4 Å². The first-order chi connectivity index (χ1) is 10.6. The summed E-state index contributed by atoms with van der Waals surface area (Å²) in [4.78, 5) is 21.2. The summed E-state index contributed by atoms with van der Waals surface area (Å²) in [6, 6.07) is 4.42. The van der Waals surface area contributed by atoms with Crippen molar-refractivity contribution in [2.24, 2.45) is 0 Å². The standard InChI is InChI=1S/C14H15ClFN5O/c15-9-3-1-2-8(11(9)16)10-12(17)19-14(20-13(10)22)21-6-4-18-5-7-21/h1-3,18H,4-7H2,(H3,17,19,20,22). The van der Waals surface area contributed by atoms with Gasteiger partial charge in [-0.3, -0.25) is 9.78 Å². The van der Waals surface area contributed by atoms with Crippen molar-refractivity contribution in [2.45, 2.75) is 0 Å². The largest absolute Gasteiger partial charge is 0.383 e. The number of H-pyrrole nitrogens is 1. The zero-order valence-electron chi connectivity index (χ0n) is 11.7. The quantitative estimate of drug-likeness (QED) is 0.773. The molecule has 0 unspecified atom stereocenters. The van der Waals surface area contributed by atoms with Gasteiger partial charge in [0.2, 0.25) is 5.95 Å². The maximum atomic E-state index is 14.1. The van der Waals surface area contributed by atoms with Crippen molar-refractivity contribution < 1.29 is 4.39 Å². The Morgan fingerprint density at radius 1 is 1.32 bits per heavy atom. The molecule has 3 rings (SSSR count). The zero-order chi connectivity index (χ0) is 15.7. The highest BCUT2D eigenvalue weighted by Crippen LogP contribution is 2.28. The molecule has 0 saturated carbocycles. The van der Waals surface area contributed by atoms with Crippen LogP contribution in [0.1, 0.15) is 0 Å². The number of rotatable bonds is 2. The molecule has 0 aliphatic carbocycles. The van der Waals surface area contributed by atoms with Crippen LogP contribution in [-0.4, -0.2) is 36.1 Å². The Labute approximate surface area is 131 Å². The summed E-state index contributed by atoms with van der Waals surface area (Å²) < 4.78 is 14.1. The summed E-state index contributed by atoms with van der Waals surface area (Å²) in [5, 5.41) is 3.14. The van der Waals surface area contributed by atoms with Gasteiger partial charge in [-0.1, -0.05) is 23.7 Å². The number of nitrogens with two attached hydrogens (primary N) is 1. The van der Waals surface area contributed by atoms with Crippen molar-refractivity contribution in [1.82, 2.24) is 15.3 Å². The zero-order valence-corrected chi connectivity index (χ0v) is 12.5. The molecular weight excluding hydrogens is 309 g/mol. The van der Waals surface area contributed by atoms with Gasteiger partial charge in [-0.2, -0.15) is 4.98 Å². The number of nitrogen functional groups attached to an aromatic ring is 1. The van der Waals surface area contributed by atoms with E-state index in [4.69, 9.17) is 17.3 Å². The Balaban J connectivity index is 2.07. The van der Waals surface area contributed by atoms with Crippen molar-refractivity contribution in [3.8, 4) is 11.1 Å². The van der Waals surface area contributed by atoms with E-state index in [2.05, 4.69) is 15.3 Å². The van der Waals surface area contributed by atoms with Gasteiger partial charge in [0.1, 0.15) is 11.6 Å². The normalized spacial score (nSPS) is 15.1. The lowest BCUT2D eigenvalue weighted by atomic mass is 10.1. The lowest BCUT2D eigenvalue weighted by Gasteiger charge is -2.28. The summed E-state index contributed by atoms with van der Waals surface area (Å²) in [5.74, 6) is -0.299. The second kappa shape index (κ2) is 5.94. The molecule has 4 N–H and O–H groups in total. The molecule has 2 aromatic rings. The molecule has 1 fully saturated rings. The number of nitrogens with one attached hydrogen (secondary N) is 2. The second-order valence-electron chi connectivity index (χ2n) is 4.99. The van der Waals surface area contributed by atoms with Gasteiger partial charge < -0.3 is 16.0 Å². The molecule has 1 aromatic heterocycles. The lowest BCUT2D eigenvalue weighted by molar-refractivity contribution is 0.579. The molecule has 1 aromatic carbocycles. The summed E-state index contributed by atoms with van der Waals surface area (Å²) in [5.41, 5.74) is 5.46. The second-order valence-corrected chi connectivity index (χ2v) is 5.40. The topological polar surface area (TPSA) is 87.0 Å². The maximum absolute atomic E-state index is 14.1. The number of aromatic nitrogens is 2. The van der Waals surface area contributed by atoms with Gasteiger partial charge in [-0.05, 0) is 6.07 Å². The third-order valence-electron chi connectivity index (χ3n) is 3.57. The molecule has 0 bridgehead atoms. The van der Waals surface area contributed by atoms with E-state index in [9.17, 15) is 9.18 Å². The summed E-state index contributed by atoms with van der Waals surface area (Å²) in [7, 11) is 0. The first-order valence-corrected chi connectivity index (χ1v) is 7.25. The predicted octanol–water partition coefficient (Wildman–Crippen LogP) is 1.22. The van der Waals surface area contributed by atoms with E-state index in [-0.39, 0.29) is 22.0 Å². The monoisotopic (exact) mass is 323 g/mol. The van der Waals surface area contributed by atoms with Crippen LogP contribution in [0.5, 0.6) is 0 Å². The molecule has 8 heteroatoms. The minimum absolute atomic E-state index is 0.00103. The Morgan fingerprint density at radius 3 is 2.73 bits per heavy atom. The Kier molecular flexibility index (Phi) is 4.00. The van der Waals surface area contributed by atoms with Crippen LogP contribution in [0.25, 0.3) is 11.1 Å². The summed E-state index contributed by atoms with van der Waals surface area (Å²) in [6.07, 6.45) is 0. The van der Waals surface area contributed by atoms with E-state index in [1.165, 1.54) is 12.1 Å². The molecular formula is C14H15ClFN5O. The molecule has 0 amide bonds. The third kappa shape index (κ3) is 2.65. The van der Waals surface area contributed by atoms with Gasteiger partial charge in [-0.25, -0.2) is 4.39 Å². The number of hydrogen-bond acceptors (Lipinski definition) is 5.